The normalized spacial score (nSPS) is 18.0. The number of imidazole rings is 1. The number of carbonyl (C=O) groups excluding carboxylic acids is 2. The molecule has 0 spiro atoms. The first-order chi connectivity index (χ1) is 16.6. The van der Waals surface area contributed by atoms with Crippen LogP contribution in [0.25, 0.3) is 23.0 Å². The molecule has 2 aliphatic rings. The summed E-state index contributed by atoms with van der Waals surface area (Å²) in [5.41, 5.74) is 4.40. The molecule has 11 nitrogen and oxygen atoms in total. The highest BCUT2D eigenvalue weighted by Gasteiger charge is 2.25. The lowest BCUT2D eigenvalue weighted by atomic mass is 10.1. The molecule has 1 aromatic carbocycles. The molecule has 5 rings (SSSR count). The van der Waals surface area contributed by atoms with Gasteiger partial charge in [0.15, 0.2) is 5.65 Å². The molecule has 0 bridgehead atoms. The van der Waals surface area contributed by atoms with Crippen LogP contribution in [0.2, 0.25) is 0 Å². The maximum Gasteiger partial charge on any atom is 0.290 e. The van der Waals surface area contributed by atoms with Crippen LogP contribution in [0.3, 0.4) is 0 Å². The number of anilines is 1. The number of amides is 2. The van der Waals surface area contributed by atoms with Gasteiger partial charge in [-0.05, 0) is 49.2 Å². The maximum absolute atomic E-state index is 11.8. The average Bonchev–Trinajstić information content (AvgIpc) is 3.35. The Morgan fingerprint density at radius 1 is 1.06 bits per heavy atom. The standard InChI is InChI=1S/C21H20N6O2S.CH4O3S/c1-25-8-10-26(11-9-25)16-5-2-14(3-6-16)17-13-22-19-7-4-15(24-27(17)19)12-18-20(28)23-21(29)30-18;1-5(2,3)4/h2-7,12-13H,8-11H2,1H3,(H,23,28,29);1H3,(H,2,3,4). The minimum absolute atomic E-state index is 0.338. The first-order valence-electron chi connectivity index (χ1n) is 10.6. The van der Waals surface area contributed by atoms with Gasteiger partial charge < -0.3 is 9.80 Å². The molecular weight excluding hydrogens is 492 g/mol. The van der Waals surface area contributed by atoms with Crippen LogP contribution in [-0.2, 0) is 14.9 Å². The molecular formula is C22H24N6O5S2. The van der Waals surface area contributed by atoms with Crippen molar-refractivity contribution in [3.05, 3.63) is 53.2 Å². The summed E-state index contributed by atoms with van der Waals surface area (Å²) in [7, 11) is -1.52. The maximum atomic E-state index is 11.8. The summed E-state index contributed by atoms with van der Waals surface area (Å²) >= 11 is 0.881. The quantitative estimate of drug-likeness (QED) is 0.393. The van der Waals surface area contributed by atoms with Crippen molar-refractivity contribution in [1.82, 2.24) is 24.8 Å². The number of benzene rings is 1. The van der Waals surface area contributed by atoms with Crippen molar-refractivity contribution < 1.29 is 22.6 Å². The minimum Gasteiger partial charge on any atom is -0.369 e. The fraction of sp³-hybridized carbons (Fsp3) is 0.273. The number of fused-ring (bicyclic) bond motifs is 1. The Labute approximate surface area is 206 Å². The largest absolute Gasteiger partial charge is 0.369 e. The summed E-state index contributed by atoms with van der Waals surface area (Å²) < 4.78 is 27.6. The van der Waals surface area contributed by atoms with Gasteiger partial charge in [0.05, 0.1) is 28.7 Å². The second kappa shape index (κ2) is 10.2. The summed E-state index contributed by atoms with van der Waals surface area (Å²) in [6.45, 7) is 4.19. The van der Waals surface area contributed by atoms with Gasteiger partial charge in [-0.1, -0.05) is 12.1 Å². The molecule has 0 unspecified atom stereocenters. The van der Waals surface area contributed by atoms with Crippen LogP contribution < -0.4 is 10.2 Å². The first kappa shape index (κ1) is 24.9. The van der Waals surface area contributed by atoms with Gasteiger partial charge in [0.1, 0.15) is 0 Å². The summed E-state index contributed by atoms with van der Waals surface area (Å²) in [5.74, 6) is -0.391. The van der Waals surface area contributed by atoms with Crippen LogP contribution in [0, 0.1) is 0 Å². The molecule has 0 aliphatic carbocycles. The van der Waals surface area contributed by atoms with E-state index in [1.807, 2.05) is 6.07 Å². The van der Waals surface area contributed by atoms with E-state index in [2.05, 4.69) is 56.5 Å². The van der Waals surface area contributed by atoms with Crippen molar-refractivity contribution in [2.24, 2.45) is 0 Å². The lowest BCUT2D eigenvalue weighted by Crippen LogP contribution is -2.44. The molecule has 0 radical (unpaired) electrons. The van der Waals surface area contributed by atoms with Crippen molar-refractivity contribution in [1.29, 1.82) is 0 Å². The van der Waals surface area contributed by atoms with Gasteiger partial charge in [0.25, 0.3) is 21.3 Å². The third-order valence-electron chi connectivity index (χ3n) is 5.34. The number of thioether (sulfide) groups is 1. The predicted octanol–water partition coefficient (Wildman–Crippen LogP) is 1.98. The Morgan fingerprint density at radius 2 is 1.71 bits per heavy atom. The molecule has 2 amide bonds. The Kier molecular flexibility index (Phi) is 7.21. The topological polar surface area (TPSA) is 137 Å². The zero-order valence-corrected chi connectivity index (χ0v) is 20.7. The monoisotopic (exact) mass is 516 g/mol. The summed E-state index contributed by atoms with van der Waals surface area (Å²) in [6, 6.07) is 12.1. The molecule has 2 saturated heterocycles. The van der Waals surface area contributed by atoms with Crippen molar-refractivity contribution in [2.45, 2.75) is 0 Å². The zero-order valence-electron chi connectivity index (χ0n) is 19.1. The summed E-state index contributed by atoms with van der Waals surface area (Å²) in [5, 5.41) is 6.50. The van der Waals surface area contributed by atoms with E-state index in [1.54, 1.807) is 22.9 Å². The number of aromatic nitrogens is 3. The highest BCUT2D eigenvalue weighted by atomic mass is 32.2. The van der Waals surface area contributed by atoms with Gasteiger partial charge in [-0.3, -0.25) is 19.5 Å². The van der Waals surface area contributed by atoms with Crippen molar-refractivity contribution in [3.8, 4) is 11.3 Å². The van der Waals surface area contributed by atoms with Crippen molar-refractivity contribution >= 4 is 50.4 Å². The Morgan fingerprint density at radius 3 is 2.31 bits per heavy atom. The first-order valence-corrected chi connectivity index (χ1v) is 13.3. The van der Waals surface area contributed by atoms with Crippen LogP contribution in [0.1, 0.15) is 5.69 Å². The summed E-state index contributed by atoms with van der Waals surface area (Å²) in [6.07, 6.45) is 4.13. The number of imide groups is 1. The number of nitrogens with zero attached hydrogens (tertiary/aromatic N) is 5. The highest BCUT2D eigenvalue weighted by Crippen LogP contribution is 2.27. The molecule has 2 fully saturated rings. The Balaban J connectivity index is 0.000000527. The second-order valence-electron chi connectivity index (χ2n) is 8.09. The molecule has 35 heavy (non-hydrogen) atoms. The Hall–Kier alpha value is -3.26. The molecule has 3 aromatic rings. The van der Waals surface area contributed by atoms with Crippen LogP contribution in [-0.4, -0.2) is 83.1 Å². The number of likely N-dealkylation sites (N-methyl/N-ethyl adjacent to an activating group) is 1. The molecule has 2 aromatic heterocycles. The molecule has 4 heterocycles. The molecule has 13 heteroatoms. The lowest BCUT2D eigenvalue weighted by molar-refractivity contribution is -0.115. The van der Waals surface area contributed by atoms with E-state index < -0.39 is 16.0 Å². The Bertz CT molecular complexity index is 1390. The number of hydrogen-bond donors (Lipinski definition) is 2. The molecule has 2 N–H and O–H groups in total. The van der Waals surface area contributed by atoms with Gasteiger partial charge >= 0.3 is 0 Å². The smallest absolute Gasteiger partial charge is 0.290 e. The van der Waals surface area contributed by atoms with E-state index in [0.717, 1.165) is 54.8 Å². The third-order valence-corrected chi connectivity index (χ3v) is 6.15. The van der Waals surface area contributed by atoms with E-state index in [9.17, 15) is 18.0 Å². The lowest BCUT2D eigenvalue weighted by Gasteiger charge is -2.34. The third kappa shape index (κ3) is 6.45. The molecule has 2 aliphatic heterocycles. The number of piperazine rings is 1. The van der Waals surface area contributed by atoms with Crippen molar-refractivity contribution in [3.63, 3.8) is 0 Å². The average molecular weight is 517 g/mol. The predicted molar refractivity (Wildman–Crippen MR) is 135 cm³/mol. The fourth-order valence-corrected chi connectivity index (χ4v) is 4.29. The van der Waals surface area contributed by atoms with Crippen molar-refractivity contribution in [2.75, 3.05) is 44.4 Å². The molecule has 0 saturated carbocycles. The van der Waals surface area contributed by atoms with Gasteiger partial charge in [0.2, 0.25) is 0 Å². The zero-order chi connectivity index (χ0) is 25.2. The number of carbonyl (C=O) groups is 2. The van der Waals surface area contributed by atoms with Crippen LogP contribution in [0.4, 0.5) is 10.5 Å². The van der Waals surface area contributed by atoms with Crippen LogP contribution in [0.15, 0.2) is 47.5 Å². The molecule has 184 valence electrons. The van der Waals surface area contributed by atoms with E-state index in [0.29, 0.717) is 16.9 Å². The van der Waals surface area contributed by atoms with Crippen LogP contribution >= 0.6 is 11.8 Å². The van der Waals surface area contributed by atoms with E-state index >= 15 is 0 Å². The van der Waals surface area contributed by atoms with Crippen LogP contribution in [0.5, 0.6) is 0 Å². The van der Waals surface area contributed by atoms with Gasteiger partial charge in [-0.25, -0.2) is 9.50 Å². The van der Waals surface area contributed by atoms with E-state index in [-0.39, 0.29) is 5.24 Å². The molecule has 0 atom stereocenters. The van der Waals surface area contributed by atoms with E-state index in [1.165, 1.54) is 5.69 Å². The highest BCUT2D eigenvalue weighted by molar-refractivity contribution is 8.18. The fourth-order valence-electron chi connectivity index (χ4n) is 3.62. The van der Waals surface area contributed by atoms with E-state index in [4.69, 9.17) is 4.55 Å². The van der Waals surface area contributed by atoms with Gasteiger partial charge in [-0.2, -0.15) is 13.5 Å². The number of hydrogen-bond acceptors (Lipinski definition) is 9. The SMILES string of the molecule is CN1CCN(c2ccc(-c3cnc4ccc(C=C5SC(=O)NC5=O)nn34)cc2)CC1.CS(=O)(=O)O. The number of rotatable bonds is 3. The minimum atomic E-state index is -3.67. The van der Waals surface area contributed by atoms with Gasteiger partial charge in [0, 0.05) is 37.4 Å². The summed E-state index contributed by atoms with van der Waals surface area (Å²) in [4.78, 5) is 32.7. The van der Waals surface area contributed by atoms with Gasteiger partial charge in [-0.15, -0.1) is 0 Å². The number of nitrogens with one attached hydrogen (secondary N) is 1. The second-order valence-corrected chi connectivity index (χ2v) is 10.6.